The van der Waals surface area contributed by atoms with Gasteiger partial charge in [0.1, 0.15) is 11.6 Å². The van der Waals surface area contributed by atoms with Crippen molar-refractivity contribution < 1.29 is 4.79 Å². The lowest BCUT2D eigenvalue weighted by Crippen LogP contribution is -2.39. The van der Waals surface area contributed by atoms with Gasteiger partial charge in [-0.15, -0.1) is 0 Å². The van der Waals surface area contributed by atoms with Gasteiger partial charge in [-0.25, -0.2) is 9.97 Å². The molecule has 2 aromatic carbocycles. The second-order valence-corrected chi connectivity index (χ2v) is 14.2. The Labute approximate surface area is 256 Å². The molecule has 5 rings (SSSR count). The van der Waals surface area contributed by atoms with Gasteiger partial charge in [-0.05, 0) is 53.1 Å². The number of fused-ring (bicyclic) bond motifs is 3. The Hall–Kier alpha value is -4.13. The fourth-order valence-corrected chi connectivity index (χ4v) is 5.32. The maximum atomic E-state index is 12.7. The van der Waals surface area contributed by atoms with Crippen LogP contribution in [0.4, 0.5) is 0 Å². The average molecular weight is 579 g/mol. The predicted molar refractivity (Wildman–Crippen MR) is 175 cm³/mol. The number of nitrogens with one attached hydrogen (secondary N) is 4. The Morgan fingerprint density at radius 3 is 1.95 bits per heavy atom. The maximum absolute atomic E-state index is 12.7. The van der Waals surface area contributed by atoms with E-state index in [4.69, 9.17) is 9.97 Å². The van der Waals surface area contributed by atoms with E-state index in [1.807, 2.05) is 33.2 Å². The summed E-state index contributed by atoms with van der Waals surface area (Å²) in [5.74, 6) is 1.91. The van der Waals surface area contributed by atoms with Crippen LogP contribution in [0.3, 0.4) is 0 Å². The second-order valence-electron chi connectivity index (χ2n) is 14.2. The summed E-state index contributed by atoms with van der Waals surface area (Å²) in [5, 5.41) is 6.58. The van der Waals surface area contributed by atoms with Gasteiger partial charge in [-0.3, -0.25) is 4.79 Å². The van der Waals surface area contributed by atoms with E-state index in [9.17, 15) is 4.79 Å². The van der Waals surface area contributed by atoms with Crippen LogP contribution in [0.15, 0.2) is 61.1 Å². The van der Waals surface area contributed by atoms with Gasteiger partial charge < -0.3 is 20.6 Å². The smallest absolute Gasteiger partial charge is 0.225 e. The van der Waals surface area contributed by atoms with Crippen molar-refractivity contribution in [2.24, 2.45) is 16.7 Å². The van der Waals surface area contributed by atoms with Crippen LogP contribution in [0, 0.1) is 16.7 Å². The first-order valence-electron chi connectivity index (χ1n) is 15.3. The van der Waals surface area contributed by atoms with Crippen LogP contribution >= 0.6 is 0 Å². The molecule has 0 saturated heterocycles. The monoisotopic (exact) mass is 578 g/mol. The van der Waals surface area contributed by atoms with Crippen molar-refractivity contribution in [1.29, 1.82) is 0 Å². The van der Waals surface area contributed by atoms with E-state index in [1.54, 1.807) is 0 Å². The zero-order valence-corrected chi connectivity index (χ0v) is 26.9. The van der Waals surface area contributed by atoms with Gasteiger partial charge in [-0.2, -0.15) is 0 Å². The molecule has 0 spiro atoms. The minimum absolute atomic E-state index is 0.00786. The maximum Gasteiger partial charge on any atom is 0.225 e. The number of carbonyl (C=O) groups is 1. The van der Waals surface area contributed by atoms with Gasteiger partial charge in [0.25, 0.3) is 0 Å². The number of aromatic amines is 2. The van der Waals surface area contributed by atoms with Gasteiger partial charge in [0.2, 0.25) is 5.91 Å². The first-order chi connectivity index (χ1) is 20.2. The highest BCUT2D eigenvalue weighted by Crippen LogP contribution is 2.38. The van der Waals surface area contributed by atoms with Gasteiger partial charge in [0, 0.05) is 40.0 Å². The minimum Gasteiger partial charge on any atom is -0.381 e. The first-order valence-corrected chi connectivity index (χ1v) is 15.3. The van der Waals surface area contributed by atoms with Crippen LogP contribution in [-0.4, -0.2) is 25.8 Å². The van der Waals surface area contributed by atoms with Crippen molar-refractivity contribution >= 4 is 5.91 Å². The lowest BCUT2D eigenvalue weighted by atomic mass is 9.83. The SMILES string of the molecule is C=C(NCc1nc(-c2ccc3c(c2)CCc2cc(-c4c[nH]c(C(NC(=O)C(C)(C)C)C(C)C)n4)ccc2-3)c[nH]1)C(C)(C)C. The van der Waals surface area contributed by atoms with E-state index >= 15 is 0 Å². The highest BCUT2D eigenvalue weighted by Gasteiger charge is 2.28. The van der Waals surface area contributed by atoms with Gasteiger partial charge in [0.15, 0.2) is 0 Å². The fraction of sp³-hybridized carbons (Fsp3) is 0.417. The molecule has 0 radical (unpaired) electrons. The quantitative estimate of drug-likeness (QED) is 0.172. The van der Waals surface area contributed by atoms with E-state index < -0.39 is 5.41 Å². The largest absolute Gasteiger partial charge is 0.381 e. The minimum atomic E-state index is -0.460. The molecule has 0 bridgehead atoms. The number of H-pyrrole nitrogens is 2. The standard InChI is InChI=1S/C36H46N6O/c1-21(2)32(42-34(43)36(7,8)9)33-39-19-30(41-33)26-13-15-28-24(17-26)11-10-23-16-25(12-14-27(23)28)29-18-38-31(40-29)20-37-22(3)35(4,5)6/h12-19,21,32,37H,3,10-11,20H2,1-2,4-9H3,(H,38,40)(H,39,41)(H,42,43). The normalized spacial score (nSPS) is 13.8. The second kappa shape index (κ2) is 11.5. The molecule has 0 saturated carbocycles. The molecule has 1 amide bonds. The molecular formula is C36H46N6O. The summed E-state index contributed by atoms with van der Waals surface area (Å²) in [6.45, 7) is 21.2. The predicted octanol–water partition coefficient (Wildman–Crippen LogP) is 7.74. The third-order valence-corrected chi connectivity index (χ3v) is 8.29. The molecule has 4 N–H and O–H groups in total. The van der Waals surface area contributed by atoms with E-state index in [1.165, 1.54) is 22.3 Å². The Balaban J connectivity index is 1.33. The average Bonchev–Trinajstić information content (AvgIpc) is 3.63. The molecule has 2 heterocycles. The Morgan fingerprint density at radius 2 is 1.42 bits per heavy atom. The van der Waals surface area contributed by atoms with Crippen molar-refractivity contribution in [1.82, 2.24) is 30.6 Å². The number of carbonyl (C=O) groups excluding carboxylic acids is 1. The number of rotatable bonds is 8. The number of hydrogen-bond acceptors (Lipinski definition) is 4. The number of amides is 1. The molecule has 1 aliphatic carbocycles. The van der Waals surface area contributed by atoms with Crippen LogP contribution in [0.25, 0.3) is 33.6 Å². The van der Waals surface area contributed by atoms with Crippen molar-refractivity contribution in [3.63, 3.8) is 0 Å². The van der Waals surface area contributed by atoms with E-state index in [-0.39, 0.29) is 23.3 Å². The number of aryl methyl sites for hydroxylation is 2. The molecule has 1 atom stereocenters. The van der Waals surface area contributed by atoms with Crippen LogP contribution in [0.1, 0.15) is 84.2 Å². The number of hydrogen-bond donors (Lipinski definition) is 4. The summed E-state index contributed by atoms with van der Waals surface area (Å²) >= 11 is 0. The van der Waals surface area contributed by atoms with Crippen molar-refractivity contribution in [2.75, 3.05) is 0 Å². The number of aromatic nitrogens is 4. The van der Waals surface area contributed by atoms with Crippen LogP contribution in [-0.2, 0) is 24.2 Å². The van der Waals surface area contributed by atoms with Crippen LogP contribution in [0.2, 0.25) is 0 Å². The van der Waals surface area contributed by atoms with E-state index in [2.05, 4.69) is 98.2 Å². The Morgan fingerprint density at radius 1 is 0.860 bits per heavy atom. The molecule has 2 aromatic heterocycles. The molecule has 43 heavy (non-hydrogen) atoms. The summed E-state index contributed by atoms with van der Waals surface area (Å²) in [7, 11) is 0. The van der Waals surface area contributed by atoms with Crippen molar-refractivity contribution in [3.05, 3.63) is 83.8 Å². The summed E-state index contributed by atoms with van der Waals surface area (Å²) < 4.78 is 0. The number of allylic oxidation sites excluding steroid dienone is 1. The lowest BCUT2D eigenvalue weighted by Gasteiger charge is -2.25. The zero-order chi connectivity index (χ0) is 31.1. The molecule has 7 nitrogen and oxygen atoms in total. The highest BCUT2D eigenvalue weighted by atomic mass is 16.2. The van der Waals surface area contributed by atoms with E-state index in [0.717, 1.165) is 52.7 Å². The summed E-state index contributed by atoms with van der Waals surface area (Å²) in [5.41, 5.74) is 9.83. The number of benzene rings is 2. The van der Waals surface area contributed by atoms with Gasteiger partial charge in [-0.1, -0.05) is 86.2 Å². The van der Waals surface area contributed by atoms with Crippen molar-refractivity contribution in [2.45, 2.75) is 80.8 Å². The Kier molecular flexibility index (Phi) is 8.12. The van der Waals surface area contributed by atoms with Crippen LogP contribution < -0.4 is 10.6 Å². The van der Waals surface area contributed by atoms with Gasteiger partial charge >= 0.3 is 0 Å². The van der Waals surface area contributed by atoms with E-state index in [0.29, 0.717) is 6.54 Å². The topological polar surface area (TPSA) is 98.5 Å². The third kappa shape index (κ3) is 6.61. The number of imidazole rings is 2. The first kappa shape index (κ1) is 30.3. The van der Waals surface area contributed by atoms with Gasteiger partial charge in [0.05, 0.1) is 24.0 Å². The number of nitrogens with zero attached hydrogens (tertiary/aromatic N) is 2. The van der Waals surface area contributed by atoms with Crippen molar-refractivity contribution in [3.8, 4) is 33.6 Å². The molecule has 0 aliphatic heterocycles. The molecule has 226 valence electrons. The summed E-state index contributed by atoms with van der Waals surface area (Å²) in [4.78, 5) is 29.1. The Bertz CT molecular complexity index is 1640. The third-order valence-electron chi connectivity index (χ3n) is 8.29. The molecular weight excluding hydrogens is 532 g/mol. The fourth-order valence-electron chi connectivity index (χ4n) is 5.32. The summed E-state index contributed by atoms with van der Waals surface area (Å²) in [6, 6.07) is 13.1. The lowest BCUT2D eigenvalue weighted by molar-refractivity contribution is -0.129. The molecule has 1 unspecified atom stereocenters. The molecule has 0 fully saturated rings. The highest BCUT2D eigenvalue weighted by molar-refractivity contribution is 5.82. The summed E-state index contributed by atoms with van der Waals surface area (Å²) in [6.07, 6.45) is 5.88. The zero-order valence-electron chi connectivity index (χ0n) is 26.9. The molecule has 7 heteroatoms. The molecule has 4 aromatic rings. The van der Waals surface area contributed by atoms with Crippen LogP contribution in [0.5, 0.6) is 0 Å². The molecule has 1 aliphatic rings.